The van der Waals surface area contributed by atoms with E-state index in [0.29, 0.717) is 26.4 Å². The van der Waals surface area contributed by atoms with Crippen LogP contribution in [0.3, 0.4) is 0 Å². The van der Waals surface area contributed by atoms with Gasteiger partial charge in [-0.05, 0) is 56.3 Å². The lowest BCUT2D eigenvalue weighted by molar-refractivity contribution is -0.135. The number of rotatable bonds is 4. The minimum absolute atomic E-state index is 0.335. The first kappa shape index (κ1) is 18.6. The molecular formula is C17H15Cl3N2O2. The molecule has 0 unspecified atom stereocenters. The Morgan fingerprint density at radius 1 is 0.833 bits per heavy atom. The average Bonchev–Trinajstić information content (AvgIpc) is 2.53. The van der Waals surface area contributed by atoms with Crippen molar-refractivity contribution >= 4 is 58.0 Å². The zero-order valence-corrected chi connectivity index (χ0v) is 15.3. The lowest BCUT2D eigenvalue weighted by Crippen LogP contribution is -2.41. The van der Waals surface area contributed by atoms with Crippen LogP contribution in [0.15, 0.2) is 42.5 Å². The molecular weight excluding hydrogens is 371 g/mol. The van der Waals surface area contributed by atoms with E-state index < -0.39 is 17.2 Å². The third-order valence-electron chi connectivity index (χ3n) is 3.41. The van der Waals surface area contributed by atoms with Gasteiger partial charge >= 0.3 is 0 Å². The van der Waals surface area contributed by atoms with Gasteiger partial charge in [0.25, 0.3) is 0 Å². The number of carbonyl (C=O) groups is 2. The summed E-state index contributed by atoms with van der Waals surface area (Å²) < 4.78 is 0. The molecule has 0 saturated heterocycles. The lowest BCUT2D eigenvalue weighted by atomic mass is 9.90. The van der Waals surface area contributed by atoms with Crippen LogP contribution in [-0.4, -0.2) is 11.8 Å². The Kier molecular flexibility index (Phi) is 5.75. The van der Waals surface area contributed by atoms with E-state index in [2.05, 4.69) is 10.6 Å². The van der Waals surface area contributed by atoms with Crippen molar-refractivity contribution in [2.75, 3.05) is 10.6 Å². The Balaban J connectivity index is 2.12. The van der Waals surface area contributed by atoms with E-state index in [4.69, 9.17) is 34.8 Å². The molecule has 2 amide bonds. The van der Waals surface area contributed by atoms with E-state index >= 15 is 0 Å². The molecule has 4 nitrogen and oxygen atoms in total. The van der Waals surface area contributed by atoms with Crippen LogP contribution in [0.1, 0.15) is 13.8 Å². The third kappa shape index (κ3) is 4.41. The molecule has 0 heterocycles. The first-order valence-electron chi connectivity index (χ1n) is 7.03. The monoisotopic (exact) mass is 384 g/mol. The van der Waals surface area contributed by atoms with Crippen molar-refractivity contribution in [3.63, 3.8) is 0 Å². The molecule has 0 saturated carbocycles. The van der Waals surface area contributed by atoms with Crippen molar-refractivity contribution in [1.29, 1.82) is 0 Å². The topological polar surface area (TPSA) is 58.2 Å². The Bertz CT molecular complexity index is 774. The van der Waals surface area contributed by atoms with Gasteiger partial charge in [-0.3, -0.25) is 9.59 Å². The molecule has 2 N–H and O–H groups in total. The van der Waals surface area contributed by atoms with Gasteiger partial charge in [-0.1, -0.05) is 34.8 Å². The average molecular weight is 386 g/mol. The molecule has 0 bridgehead atoms. The van der Waals surface area contributed by atoms with Crippen LogP contribution in [0.4, 0.5) is 11.4 Å². The maximum atomic E-state index is 12.5. The second kappa shape index (κ2) is 7.43. The smallest absolute Gasteiger partial charge is 0.239 e. The van der Waals surface area contributed by atoms with E-state index in [0.717, 1.165) is 0 Å². The van der Waals surface area contributed by atoms with E-state index in [-0.39, 0.29) is 0 Å². The molecule has 0 radical (unpaired) electrons. The highest BCUT2D eigenvalue weighted by atomic mass is 35.5. The highest BCUT2D eigenvalue weighted by Crippen LogP contribution is 2.28. The van der Waals surface area contributed by atoms with Crippen LogP contribution >= 0.6 is 34.8 Å². The summed E-state index contributed by atoms with van der Waals surface area (Å²) in [6, 6.07) is 11.3. The minimum Gasteiger partial charge on any atom is -0.325 e. The van der Waals surface area contributed by atoms with Crippen molar-refractivity contribution < 1.29 is 9.59 Å². The van der Waals surface area contributed by atoms with Crippen LogP contribution in [0.5, 0.6) is 0 Å². The summed E-state index contributed by atoms with van der Waals surface area (Å²) in [5.41, 5.74) is -0.432. The summed E-state index contributed by atoms with van der Waals surface area (Å²) in [4.78, 5) is 24.9. The van der Waals surface area contributed by atoms with E-state index in [1.807, 2.05) is 0 Å². The highest BCUT2D eigenvalue weighted by Gasteiger charge is 2.36. The summed E-state index contributed by atoms with van der Waals surface area (Å²) >= 11 is 17.7. The van der Waals surface area contributed by atoms with Crippen molar-refractivity contribution in [1.82, 2.24) is 0 Å². The zero-order valence-electron chi connectivity index (χ0n) is 13.0. The molecule has 126 valence electrons. The second-order valence-corrected chi connectivity index (χ2v) is 6.94. The predicted molar refractivity (Wildman–Crippen MR) is 99.0 cm³/mol. The fourth-order valence-electron chi connectivity index (χ4n) is 1.80. The largest absolute Gasteiger partial charge is 0.325 e. The standard InChI is InChI=1S/C17H15Cl3N2O2/c1-17(2,15(23)21-12-6-3-10(18)4-7-12)16(24)22-14-9-11(19)5-8-13(14)20/h3-9H,1-2H3,(H,21,23)(H,22,24). The summed E-state index contributed by atoms with van der Waals surface area (Å²) in [5, 5.41) is 6.63. The van der Waals surface area contributed by atoms with Gasteiger partial charge in [0.05, 0.1) is 10.7 Å². The fourth-order valence-corrected chi connectivity index (χ4v) is 2.26. The van der Waals surface area contributed by atoms with Crippen LogP contribution in [0, 0.1) is 5.41 Å². The molecule has 7 heteroatoms. The zero-order chi connectivity index (χ0) is 17.9. The molecule has 0 aromatic heterocycles. The number of amides is 2. The maximum absolute atomic E-state index is 12.5. The first-order valence-corrected chi connectivity index (χ1v) is 8.17. The van der Waals surface area contributed by atoms with Gasteiger partial charge in [-0.25, -0.2) is 0 Å². The number of hydrogen-bond donors (Lipinski definition) is 2. The van der Waals surface area contributed by atoms with Crippen molar-refractivity contribution in [2.24, 2.45) is 5.41 Å². The van der Waals surface area contributed by atoms with Crippen molar-refractivity contribution in [3.8, 4) is 0 Å². The highest BCUT2D eigenvalue weighted by molar-refractivity contribution is 6.36. The fraction of sp³-hybridized carbons (Fsp3) is 0.176. The number of anilines is 2. The number of carbonyl (C=O) groups excluding carboxylic acids is 2. The first-order chi connectivity index (χ1) is 11.2. The molecule has 0 aliphatic rings. The van der Waals surface area contributed by atoms with Gasteiger partial charge in [-0.2, -0.15) is 0 Å². The van der Waals surface area contributed by atoms with E-state index in [9.17, 15) is 9.59 Å². The van der Waals surface area contributed by atoms with Crippen molar-refractivity contribution in [3.05, 3.63) is 57.5 Å². The van der Waals surface area contributed by atoms with Crippen LogP contribution in [-0.2, 0) is 9.59 Å². The molecule has 2 rings (SSSR count). The van der Waals surface area contributed by atoms with Gasteiger partial charge in [0.15, 0.2) is 0 Å². The van der Waals surface area contributed by atoms with Gasteiger partial charge in [0.1, 0.15) is 5.41 Å². The summed E-state index contributed by atoms with van der Waals surface area (Å²) in [5.74, 6) is -0.960. The maximum Gasteiger partial charge on any atom is 0.239 e. The number of benzene rings is 2. The van der Waals surface area contributed by atoms with Crippen LogP contribution in [0.2, 0.25) is 15.1 Å². The van der Waals surface area contributed by atoms with Gasteiger partial charge in [0, 0.05) is 15.7 Å². The number of hydrogen-bond acceptors (Lipinski definition) is 2. The third-order valence-corrected chi connectivity index (χ3v) is 4.23. The molecule has 0 atom stereocenters. The lowest BCUT2D eigenvalue weighted by Gasteiger charge is -2.23. The molecule has 2 aromatic rings. The predicted octanol–water partition coefficient (Wildman–Crippen LogP) is 5.25. The Hall–Kier alpha value is -1.75. The van der Waals surface area contributed by atoms with Crippen molar-refractivity contribution in [2.45, 2.75) is 13.8 Å². The van der Waals surface area contributed by atoms with Crippen LogP contribution < -0.4 is 10.6 Å². The molecule has 0 spiro atoms. The van der Waals surface area contributed by atoms with Gasteiger partial charge < -0.3 is 10.6 Å². The van der Waals surface area contributed by atoms with E-state index in [1.165, 1.54) is 19.9 Å². The molecule has 2 aromatic carbocycles. The quantitative estimate of drug-likeness (QED) is 0.706. The number of nitrogens with one attached hydrogen (secondary N) is 2. The second-order valence-electron chi connectivity index (χ2n) is 5.66. The molecule has 0 aliphatic heterocycles. The Morgan fingerprint density at radius 2 is 1.38 bits per heavy atom. The molecule has 0 fully saturated rings. The summed E-state index contributed by atoms with van der Waals surface area (Å²) in [7, 11) is 0. The van der Waals surface area contributed by atoms with Crippen LogP contribution in [0.25, 0.3) is 0 Å². The van der Waals surface area contributed by atoms with Gasteiger partial charge in [0.2, 0.25) is 11.8 Å². The summed E-state index contributed by atoms with van der Waals surface area (Å²) in [6.07, 6.45) is 0. The van der Waals surface area contributed by atoms with E-state index in [1.54, 1.807) is 36.4 Å². The SMILES string of the molecule is CC(C)(C(=O)Nc1ccc(Cl)cc1)C(=O)Nc1cc(Cl)ccc1Cl. The summed E-state index contributed by atoms with van der Waals surface area (Å²) in [6.45, 7) is 3.04. The van der Waals surface area contributed by atoms with Gasteiger partial charge in [-0.15, -0.1) is 0 Å². The minimum atomic E-state index is -1.33. The molecule has 24 heavy (non-hydrogen) atoms. The Morgan fingerprint density at radius 3 is 2.00 bits per heavy atom. The normalized spacial score (nSPS) is 11.0. The molecule has 0 aliphatic carbocycles. The number of halogens is 3. The Labute approximate surface area is 155 Å².